The summed E-state index contributed by atoms with van der Waals surface area (Å²) in [4.78, 5) is 12.2. The zero-order valence-electron chi connectivity index (χ0n) is 18.9. The fourth-order valence-electron chi connectivity index (χ4n) is 3.49. The Hall–Kier alpha value is -2.69. The summed E-state index contributed by atoms with van der Waals surface area (Å²) in [6, 6.07) is 12.4. The van der Waals surface area contributed by atoms with Crippen molar-refractivity contribution in [2.24, 2.45) is 0 Å². The predicted molar refractivity (Wildman–Crippen MR) is 128 cm³/mol. The highest BCUT2D eigenvalue weighted by molar-refractivity contribution is 5.91. The first-order valence-corrected chi connectivity index (χ1v) is 11.6. The molecule has 0 spiro atoms. The van der Waals surface area contributed by atoms with Gasteiger partial charge in [0.25, 0.3) is 0 Å². The normalized spacial score (nSPS) is 10.7. The summed E-state index contributed by atoms with van der Waals surface area (Å²) >= 11 is 0. The molecule has 5 nitrogen and oxygen atoms in total. The van der Waals surface area contributed by atoms with E-state index in [0.29, 0.717) is 16.9 Å². The van der Waals surface area contributed by atoms with E-state index in [4.69, 9.17) is 20.9 Å². The number of unbranched alkanes of at least 4 members (excludes halogenated alkanes) is 9. The Morgan fingerprint density at radius 1 is 0.774 bits per heavy atom. The van der Waals surface area contributed by atoms with Crippen molar-refractivity contribution < 1.29 is 14.3 Å². The molecule has 0 saturated carbocycles. The van der Waals surface area contributed by atoms with E-state index >= 15 is 0 Å². The first kappa shape index (κ1) is 24.6. The highest BCUT2D eigenvalue weighted by Gasteiger charge is 2.09. The highest BCUT2D eigenvalue weighted by atomic mass is 16.5. The van der Waals surface area contributed by atoms with E-state index in [1.807, 2.05) is 24.3 Å². The second-order valence-corrected chi connectivity index (χ2v) is 8.14. The number of benzene rings is 2. The molecule has 0 aliphatic rings. The summed E-state index contributed by atoms with van der Waals surface area (Å²) in [5, 5.41) is 0. The largest absolute Gasteiger partial charge is 0.494 e. The first-order valence-electron chi connectivity index (χ1n) is 11.6. The molecule has 2 aromatic carbocycles. The molecule has 0 aliphatic carbocycles. The van der Waals surface area contributed by atoms with Crippen molar-refractivity contribution in [1.29, 1.82) is 0 Å². The van der Waals surface area contributed by atoms with Gasteiger partial charge in [0.2, 0.25) is 0 Å². The Morgan fingerprint density at radius 2 is 1.32 bits per heavy atom. The third-order valence-electron chi connectivity index (χ3n) is 5.27. The fraction of sp³-hybridized carbons (Fsp3) is 0.500. The van der Waals surface area contributed by atoms with Gasteiger partial charge >= 0.3 is 5.97 Å². The number of ether oxygens (including phenoxy) is 2. The second-order valence-electron chi connectivity index (χ2n) is 8.14. The van der Waals surface area contributed by atoms with Gasteiger partial charge < -0.3 is 20.9 Å². The molecule has 0 saturated heterocycles. The smallest absolute Gasteiger partial charge is 0.338 e. The molecule has 0 aliphatic heterocycles. The van der Waals surface area contributed by atoms with Crippen LogP contribution in [0.5, 0.6) is 5.75 Å². The van der Waals surface area contributed by atoms with E-state index < -0.39 is 5.97 Å². The highest BCUT2D eigenvalue weighted by Crippen LogP contribution is 2.17. The maximum Gasteiger partial charge on any atom is 0.338 e. The minimum atomic E-state index is -0.444. The van der Waals surface area contributed by atoms with Crippen LogP contribution in [-0.4, -0.2) is 12.6 Å². The number of rotatable bonds is 15. The molecule has 0 atom stereocenters. The Morgan fingerprint density at radius 3 is 1.90 bits per heavy atom. The number of carbonyl (C=O) groups is 1. The molecule has 0 unspecified atom stereocenters. The monoisotopic (exact) mass is 426 g/mol. The van der Waals surface area contributed by atoms with Gasteiger partial charge in [0.1, 0.15) is 12.4 Å². The third kappa shape index (κ3) is 10.3. The summed E-state index contributed by atoms with van der Waals surface area (Å²) in [6.07, 6.45) is 13.1. The van der Waals surface area contributed by atoms with E-state index in [1.54, 1.807) is 18.2 Å². The van der Waals surface area contributed by atoms with E-state index in [2.05, 4.69) is 6.92 Å². The standard InChI is InChI=1S/C26H38N2O3/c1-2-3-4-5-6-7-8-9-10-11-16-30-25-14-12-21(13-15-25)20-31-26(29)22-17-23(27)19-24(28)18-22/h12-15,17-19H,2-11,16,20,27-28H2,1H3. The summed E-state index contributed by atoms with van der Waals surface area (Å²) in [6.45, 7) is 3.18. The molecule has 170 valence electrons. The van der Waals surface area contributed by atoms with Crippen molar-refractivity contribution >= 4 is 17.3 Å². The average molecular weight is 427 g/mol. The van der Waals surface area contributed by atoms with Crippen LogP contribution in [0.4, 0.5) is 11.4 Å². The van der Waals surface area contributed by atoms with Crippen LogP contribution in [0.15, 0.2) is 42.5 Å². The van der Waals surface area contributed by atoms with Gasteiger partial charge in [0.05, 0.1) is 12.2 Å². The summed E-state index contributed by atoms with van der Waals surface area (Å²) in [7, 11) is 0. The van der Waals surface area contributed by atoms with Crippen molar-refractivity contribution in [3.63, 3.8) is 0 Å². The van der Waals surface area contributed by atoms with Crippen LogP contribution in [0.2, 0.25) is 0 Å². The van der Waals surface area contributed by atoms with Crippen molar-refractivity contribution in [2.75, 3.05) is 18.1 Å². The lowest BCUT2D eigenvalue weighted by Crippen LogP contribution is -2.07. The predicted octanol–water partition coefficient (Wildman–Crippen LogP) is 6.51. The molecule has 0 heterocycles. The summed E-state index contributed by atoms with van der Waals surface area (Å²) in [5.74, 6) is 0.398. The maximum absolute atomic E-state index is 12.2. The van der Waals surface area contributed by atoms with Gasteiger partial charge in [-0.2, -0.15) is 0 Å². The molecule has 2 rings (SSSR count). The van der Waals surface area contributed by atoms with Crippen LogP contribution in [-0.2, 0) is 11.3 Å². The third-order valence-corrected chi connectivity index (χ3v) is 5.27. The molecule has 5 heteroatoms. The second kappa shape index (κ2) is 14.3. The molecular formula is C26H38N2O3. The number of hydrogen-bond acceptors (Lipinski definition) is 5. The number of anilines is 2. The molecule has 0 fully saturated rings. The van der Waals surface area contributed by atoms with Crippen LogP contribution >= 0.6 is 0 Å². The Labute approximate surface area is 187 Å². The molecule has 31 heavy (non-hydrogen) atoms. The van der Waals surface area contributed by atoms with Gasteiger partial charge in [0.15, 0.2) is 0 Å². The van der Waals surface area contributed by atoms with Crippen LogP contribution < -0.4 is 16.2 Å². The number of nitrogen functional groups attached to an aromatic ring is 2. The number of carbonyl (C=O) groups excluding carboxylic acids is 1. The summed E-state index contributed by atoms with van der Waals surface area (Å²) < 4.78 is 11.2. The van der Waals surface area contributed by atoms with Gasteiger partial charge in [-0.05, 0) is 42.3 Å². The van der Waals surface area contributed by atoms with Crippen molar-refractivity contribution in [3.05, 3.63) is 53.6 Å². The van der Waals surface area contributed by atoms with Gasteiger partial charge in [-0.25, -0.2) is 4.79 Å². The molecule has 2 aromatic rings. The summed E-state index contributed by atoms with van der Waals surface area (Å²) in [5.41, 5.74) is 13.6. The van der Waals surface area contributed by atoms with Crippen LogP contribution in [0, 0.1) is 0 Å². The lowest BCUT2D eigenvalue weighted by Gasteiger charge is -2.09. The molecule has 0 bridgehead atoms. The SMILES string of the molecule is CCCCCCCCCCCCOc1ccc(COC(=O)c2cc(N)cc(N)c2)cc1. The van der Waals surface area contributed by atoms with E-state index in [1.165, 1.54) is 57.8 Å². The first-order chi connectivity index (χ1) is 15.1. The fourth-order valence-corrected chi connectivity index (χ4v) is 3.49. The van der Waals surface area contributed by atoms with Crippen molar-refractivity contribution in [2.45, 2.75) is 77.7 Å². The topological polar surface area (TPSA) is 87.6 Å². The quantitative estimate of drug-likeness (QED) is 0.193. The minimum Gasteiger partial charge on any atom is -0.494 e. The van der Waals surface area contributed by atoms with Gasteiger partial charge in [0, 0.05) is 11.4 Å². The van der Waals surface area contributed by atoms with E-state index in [9.17, 15) is 4.79 Å². The van der Waals surface area contributed by atoms with E-state index in [0.717, 1.165) is 24.3 Å². The van der Waals surface area contributed by atoms with Crippen molar-refractivity contribution in [3.8, 4) is 5.75 Å². The zero-order valence-corrected chi connectivity index (χ0v) is 18.9. The number of esters is 1. The molecule has 4 N–H and O–H groups in total. The van der Waals surface area contributed by atoms with Crippen LogP contribution in [0.3, 0.4) is 0 Å². The zero-order chi connectivity index (χ0) is 22.3. The van der Waals surface area contributed by atoms with Crippen LogP contribution in [0.1, 0.15) is 87.1 Å². The Kier molecular flexibility index (Phi) is 11.4. The van der Waals surface area contributed by atoms with Gasteiger partial charge in [-0.15, -0.1) is 0 Å². The van der Waals surface area contributed by atoms with Gasteiger partial charge in [-0.1, -0.05) is 76.8 Å². The Balaban J connectivity index is 1.57. The molecule has 0 aromatic heterocycles. The number of hydrogen-bond donors (Lipinski definition) is 2. The molecule has 0 radical (unpaired) electrons. The lowest BCUT2D eigenvalue weighted by atomic mass is 10.1. The van der Waals surface area contributed by atoms with Crippen LogP contribution in [0.25, 0.3) is 0 Å². The maximum atomic E-state index is 12.2. The number of nitrogens with two attached hydrogens (primary N) is 2. The van der Waals surface area contributed by atoms with E-state index in [-0.39, 0.29) is 6.61 Å². The lowest BCUT2D eigenvalue weighted by molar-refractivity contribution is 0.0473. The molecular weight excluding hydrogens is 388 g/mol. The average Bonchev–Trinajstić information content (AvgIpc) is 2.76. The van der Waals surface area contributed by atoms with Gasteiger partial charge in [-0.3, -0.25) is 0 Å². The minimum absolute atomic E-state index is 0.187. The Bertz CT molecular complexity index is 754. The molecule has 0 amide bonds. The van der Waals surface area contributed by atoms with Crippen molar-refractivity contribution in [1.82, 2.24) is 0 Å².